The van der Waals surface area contributed by atoms with Crippen LogP contribution in [0.25, 0.3) is 21.8 Å². The Morgan fingerprint density at radius 1 is 1.18 bits per heavy atom. The lowest BCUT2D eigenvalue weighted by atomic mass is 10.0. The molecule has 1 amide bonds. The largest absolute Gasteiger partial charge is 0.445 e. The van der Waals surface area contributed by atoms with Gasteiger partial charge in [0, 0.05) is 30.9 Å². The number of benzene rings is 1. The minimum atomic E-state index is -0.552. The standard InChI is InChI=1S/C23H30N6O3S/c1-5-24-23(31)32-13-16-8-6-7-9-17(16)18-10-19(29-21(28-18)25-11-15(4)30)20-12-26-22(33-20)27-14(2)3/h6-10,12,14-15,30H,5,11,13H2,1-4H3,(H,24,31)(H,26,27)(H,25,28,29). The molecule has 0 aliphatic carbocycles. The fraction of sp³-hybridized carbons (Fsp3) is 0.391. The molecule has 0 aliphatic rings. The molecule has 0 fully saturated rings. The Kier molecular flexibility index (Phi) is 8.56. The van der Waals surface area contributed by atoms with Gasteiger partial charge in [-0.3, -0.25) is 0 Å². The summed E-state index contributed by atoms with van der Waals surface area (Å²) in [6, 6.07) is 9.79. The molecule has 1 unspecified atom stereocenters. The molecule has 3 aromatic rings. The number of aliphatic hydroxyl groups excluding tert-OH is 1. The molecule has 1 atom stereocenters. The number of hydrogen-bond donors (Lipinski definition) is 4. The number of thiazole rings is 1. The molecule has 0 spiro atoms. The highest BCUT2D eigenvalue weighted by Gasteiger charge is 2.15. The van der Waals surface area contributed by atoms with Gasteiger partial charge in [0.05, 0.1) is 22.4 Å². The van der Waals surface area contributed by atoms with Gasteiger partial charge in [-0.05, 0) is 39.3 Å². The molecule has 10 heteroatoms. The summed E-state index contributed by atoms with van der Waals surface area (Å²) in [6.07, 6.45) is 0.762. The zero-order valence-corrected chi connectivity index (χ0v) is 20.1. The predicted octanol–water partition coefficient (Wildman–Crippen LogP) is 4.13. The number of anilines is 2. The Morgan fingerprint density at radius 2 is 1.94 bits per heavy atom. The number of carbonyl (C=O) groups excluding carboxylic acids is 1. The molecular weight excluding hydrogens is 440 g/mol. The van der Waals surface area contributed by atoms with E-state index >= 15 is 0 Å². The molecular formula is C23H30N6O3S. The van der Waals surface area contributed by atoms with Crippen LogP contribution in [-0.2, 0) is 11.3 Å². The third kappa shape index (κ3) is 7.13. The molecule has 0 saturated heterocycles. The first kappa shape index (κ1) is 24.4. The van der Waals surface area contributed by atoms with Crippen molar-refractivity contribution in [2.45, 2.75) is 46.4 Å². The van der Waals surface area contributed by atoms with Crippen LogP contribution in [0.2, 0.25) is 0 Å². The lowest BCUT2D eigenvalue weighted by Crippen LogP contribution is -2.23. The minimum absolute atomic E-state index is 0.112. The van der Waals surface area contributed by atoms with E-state index < -0.39 is 12.2 Å². The molecule has 3 rings (SSSR count). The fourth-order valence-corrected chi connectivity index (χ4v) is 3.89. The van der Waals surface area contributed by atoms with Gasteiger partial charge in [-0.25, -0.2) is 19.7 Å². The van der Waals surface area contributed by atoms with Crippen LogP contribution >= 0.6 is 11.3 Å². The molecule has 0 aliphatic heterocycles. The van der Waals surface area contributed by atoms with Crippen LogP contribution in [0.15, 0.2) is 36.5 Å². The first-order valence-corrected chi connectivity index (χ1v) is 11.7. The van der Waals surface area contributed by atoms with E-state index in [1.165, 1.54) is 11.3 Å². The van der Waals surface area contributed by atoms with Crippen LogP contribution in [0.4, 0.5) is 15.9 Å². The van der Waals surface area contributed by atoms with Crippen molar-refractivity contribution in [1.29, 1.82) is 0 Å². The number of aromatic nitrogens is 3. The summed E-state index contributed by atoms with van der Waals surface area (Å²) in [5.74, 6) is 0.398. The average molecular weight is 471 g/mol. The van der Waals surface area contributed by atoms with Crippen molar-refractivity contribution in [1.82, 2.24) is 20.3 Å². The maximum absolute atomic E-state index is 11.8. The summed E-state index contributed by atoms with van der Waals surface area (Å²) in [5.41, 5.74) is 3.04. The molecule has 2 heterocycles. The number of alkyl carbamates (subject to hydrolysis) is 1. The van der Waals surface area contributed by atoms with Crippen molar-refractivity contribution in [3.05, 3.63) is 42.1 Å². The summed E-state index contributed by atoms with van der Waals surface area (Å²) < 4.78 is 5.34. The molecule has 4 N–H and O–H groups in total. The number of rotatable bonds is 10. The second-order valence-electron chi connectivity index (χ2n) is 7.78. The van der Waals surface area contributed by atoms with Crippen molar-refractivity contribution in [2.75, 3.05) is 23.7 Å². The van der Waals surface area contributed by atoms with Crippen LogP contribution in [0.3, 0.4) is 0 Å². The van der Waals surface area contributed by atoms with E-state index in [-0.39, 0.29) is 12.6 Å². The molecule has 176 valence electrons. The molecule has 2 aromatic heterocycles. The number of amides is 1. The van der Waals surface area contributed by atoms with Gasteiger partial charge in [0.15, 0.2) is 5.13 Å². The van der Waals surface area contributed by atoms with E-state index in [0.29, 0.717) is 30.4 Å². The zero-order valence-electron chi connectivity index (χ0n) is 19.3. The smallest absolute Gasteiger partial charge is 0.407 e. The Labute approximate surface area is 197 Å². The molecule has 0 bridgehead atoms. The molecule has 0 radical (unpaired) electrons. The lowest BCUT2D eigenvalue weighted by Gasteiger charge is -2.13. The maximum atomic E-state index is 11.8. The van der Waals surface area contributed by atoms with Crippen LogP contribution in [0, 0.1) is 0 Å². The number of ether oxygens (including phenoxy) is 1. The van der Waals surface area contributed by atoms with E-state index in [0.717, 1.165) is 21.1 Å². The Hall–Kier alpha value is -3.24. The van der Waals surface area contributed by atoms with E-state index in [1.807, 2.05) is 37.3 Å². The van der Waals surface area contributed by atoms with E-state index in [9.17, 15) is 9.90 Å². The van der Waals surface area contributed by atoms with E-state index in [2.05, 4.69) is 44.7 Å². The molecule has 1 aromatic carbocycles. The SMILES string of the molecule is CCNC(=O)OCc1ccccc1-c1cc(-c2cnc(NC(C)C)s2)nc(NCC(C)O)n1. The van der Waals surface area contributed by atoms with Gasteiger partial charge in [-0.15, -0.1) is 0 Å². The van der Waals surface area contributed by atoms with Gasteiger partial charge in [-0.1, -0.05) is 35.6 Å². The van der Waals surface area contributed by atoms with Gasteiger partial charge >= 0.3 is 6.09 Å². The highest BCUT2D eigenvalue weighted by molar-refractivity contribution is 7.18. The van der Waals surface area contributed by atoms with Crippen LogP contribution < -0.4 is 16.0 Å². The van der Waals surface area contributed by atoms with E-state index in [1.54, 1.807) is 13.1 Å². The molecule has 33 heavy (non-hydrogen) atoms. The normalized spacial score (nSPS) is 11.8. The second kappa shape index (κ2) is 11.6. The molecule has 0 saturated carbocycles. The molecule has 9 nitrogen and oxygen atoms in total. The van der Waals surface area contributed by atoms with Crippen molar-refractivity contribution in [2.24, 2.45) is 0 Å². The highest BCUT2D eigenvalue weighted by atomic mass is 32.1. The number of aliphatic hydroxyl groups is 1. The number of nitrogens with zero attached hydrogens (tertiary/aromatic N) is 3. The number of nitrogens with one attached hydrogen (secondary N) is 3. The Bertz CT molecular complexity index is 1070. The first-order valence-electron chi connectivity index (χ1n) is 10.9. The fourth-order valence-electron chi connectivity index (χ4n) is 2.97. The minimum Gasteiger partial charge on any atom is -0.445 e. The summed E-state index contributed by atoms with van der Waals surface area (Å²) in [4.78, 5) is 26.4. The number of hydrogen-bond acceptors (Lipinski definition) is 9. The van der Waals surface area contributed by atoms with Gasteiger partial charge in [0.2, 0.25) is 5.95 Å². The predicted molar refractivity (Wildman–Crippen MR) is 131 cm³/mol. The topological polar surface area (TPSA) is 121 Å². The highest BCUT2D eigenvalue weighted by Crippen LogP contribution is 2.32. The third-order valence-electron chi connectivity index (χ3n) is 4.43. The number of carbonyl (C=O) groups is 1. The van der Waals surface area contributed by atoms with Gasteiger partial charge in [-0.2, -0.15) is 0 Å². The Morgan fingerprint density at radius 3 is 2.67 bits per heavy atom. The average Bonchev–Trinajstić information content (AvgIpc) is 3.24. The zero-order chi connectivity index (χ0) is 23.8. The summed E-state index contributed by atoms with van der Waals surface area (Å²) in [5, 5.41) is 19.5. The van der Waals surface area contributed by atoms with Gasteiger partial charge < -0.3 is 25.8 Å². The summed E-state index contributed by atoms with van der Waals surface area (Å²) >= 11 is 1.51. The summed E-state index contributed by atoms with van der Waals surface area (Å²) in [6.45, 7) is 8.56. The van der Waals surface area contributed by atoms with Crippen LogP contribution in [-0.4, -0.2) is 51.4 Å². The van der Waals surface area contributed by atoms with Crippen molar-refractivity contribution < 1.29 is 14.6 Å². The van der Waals surface area contributed by atoms with Gasteiger partial charge in [0.1, 0.15) is 6.61 Å². The summed E-state index contributed by atoms with van der Waals surface area (Å²) in [7, 11) is 0. The van der Waals surface area contributed by atoms with E-state index in [4.69, 9.17) is 4.74 Å². The first-order chi connectivity index (χ1) is 15.9. The van der Waals surface area contributed by atoms with Crippen molar-refractivity contribution in [3.63, 3.8) is 0 Å². The Balaban J connectivity index is 1.97. The maximum Gasteiger partial charge on any atom is 0.407 e. The quantitative estimate of drug-likeness (QED) is 0.349. The monoisotopic (exact) mass is 470 g/mol. The van der Waals surface area contributed by atoms with Gasteiger partial charge in [0.25, 0.3) is 0 Å². The van der Waals surface area contributed by atoms with Crippen LogP contribution in [0.5, 0.6) is 0 Å². The van der Waals surface area contributed by atoms with Crippen LogP contribution in [0.1, 0.15) is 33.3 Å². The van der Waals surface area contributed by atoms with Crippen molar-refractivity contribution in [3.8, 4) is 21.8 Å². The third-order valence-corrected chi connectivity index (χ3v) is 5.38. The van der Waals surface area contributed by atoms with Crippen molar-refractivity contribution >= 4 is 28.5 Å². The lowest BCUT2D eigenvalue weighted by molar-refractivity contribution is 0.140. The second-order valence-corrected chi connectivity index (χ2v) is 8.81.